The number of nitrogen functional groups attached to an aromatic ring is 2. The molecule has 0 amide bonds. The molecule has 234 valence electrons. The second kappa shape index (κ2) is 18.6. The largest absolute Gasteiger partial charge is 0.399 e. The Balaban J connectivity index is 0.000000257. The third-order valence-electron chi connectivity index (χ3n) is 5.83. The Hall–Kier alpha value is -6.03. The van der Waals surface area contributed by atoms with E-state index in [9.17, 15) is 0 Å². The summed E-state index contributed by atoms with van der Waals surface area (Å²) in [5.74, 6) is 1.15. The molecule has 0 saturated heterocycles. The molecule has 0 radical (unpaired) electrons. The second-order valence-electron chi connectivity index (χ2n) is 9.09. The minimum atomic E-state index is 0.186. The monoisotopic (exact) mass is 612 g/mol. The highest BCUT2D eigenvalue weighted by molar-refractivity contribution is 5.85. The third-order valence-corrected chi connectivity index (χ3v) is 5.83. The van der Waals surface area contributed by atoms with Gasteiger partial charge in [-0.2, -0.15) is 35.4 Å². The average Bonchev–Trinajstić information content (AvgIpc) is 3.10. The number of azo groups is 2. The Morgan fingerprint density at radius 1 is 0.500 bits per heavy atom. The number of anilines is 4. The van der Waals surface area contributed by atoms with Crippen molar-refractivity contribution in [1.82, 2.24) is 15.0 Å². The number of nitrogens with one attached hydrogen (secondary N) is 1. The van der Waals surface area contributed by atoms with Crippen LogP contribution in [-0.2, 0) is 0 Å². The van der Waals surface area contributed by atoms with Gasteiger partial charge in [-0.1, -0.05) is 76.2 Å². The summed E-state index contributed by atoms with van der Waals surface area (Å²) in [5.41, 5.74) is 16.0. The normalized spacial score (nSPS) is 10.3. The molecule has 0 unspecified atom stereocenters. The lowest BCUT2D eigenvalue weighted by atomic mass is 10.1. The van der Waals surface area contributed by atoms with Crippen molar-refractivity contribution in [3.05, 3.63) is 127 Å². The molecule has 5 N–H and O–H groups in total. The maximum absolute atomic E-state index is 5.64. The van der Waals surface area contributed by atoms with Gasteiger partial charge in [0.15, 0.2) is 0 Å². The Labute approximate surface area is 270 Å². The van der Waals surface area contributed by atoms with E-state index in [1.54, 1.807) is 19.1 Å². The van der Waals surface area contributed by atoms with E-state index < -0.39 is 0 Å². The number of fused-ring (bicyclic) bond motifs is 1. The Bertz CT molecular complexity index is 1800. The van der Waals surface area contributed by atoms with Crippen LogP contribution in [0.4, 0.5) is 46.0 Å². The van der Waals surface area contributed by atoms with Gasteiger partial charge in [0.05, 0.1) is 22.7 Å². The van der Waals surface area contributed by atoms with Crippen molar-refractivity contribution in [2.45, 2.75) is 34.6 Å². The highest BCUT2D eigenvalue weighted by Gasteiger charge is 2.02. The Kier molecular flexibility index (Phi) is 13.9. The van der Waals surface area contributed by atoms with E-state index in [-0.39, 0.29) is 5.95 Å². The lowest BCUT2D eigenvalue weighted by molar-refractivity contribution is 0.995. The third kappa shape index (κ3) is 11.2. The van der Waals surface area contributed by atoms with Gasteiger partial charge in [0.25, 0.3) is 0 Å². The fourth-order valence-corrected chi connectivity index (χ4v) is 3.80. The van der Waals surface area contributed by atoms with Gasteiger partial charge in [0.1, 0.15) is 5.82 Å². The lowest BCUT2D eigenvalue weighted by Gasteiger charge is -2.05. The number of hydrogen-bond acceptors (Lipinski definition) is 10. The SMILES string of the molecule is CC.CC.Cc1nc(N)nc(Nc2ccc(N=Nc3ccc4ccccc4c3)cc2)n1.Nc1ccc(N=Nc2ccccc2)cc1. The van der Waals surface area contributed by atoms with E-state index in [4.69, 9.17) is 11.5 Å². The zero-order chi connectivity index (χ0) is 33.1. The molecule has 0 aliphatic rings. The lowest BCUT2D eigenvalue weighted by Crippen LogP contribution is -2.04. The van der Waals surface area contributed by atoms with Crippen LogP contribution in [0.1, 0.15) is 33.5 Å². The molecule has 5 aromatic carbocycles. The van der Waals surface area contributed by atoms with Gasteiger partial charge in [-0.3, -0.25) is 0 Å². The molecule has 0 bridgehead atoms. The smallest absolute Gasteiger partial charge is 0.232 e. The van der Waals surface area contributed by atoms with Crippen molar-refractivity contribution in [2.24, 2.45) is 20.5 Å². The second-order valence-corrected chi connectivity index (χ2v) is 9.09. The fraction of sp³-hybridized carbons (Fsp3) is 0.139. The molecular weight excluding hydrogens is 572 g/mol. The summed E-state index contributed by atoms with van der Waals surface area (Å²) < 4.78 is 0. The van der Waals surface area contributed by atoms with Crippen molar-refractivity contribution in [3.63, 3.8) is 0 Å². The minimum absolute atomic E-state index is 0.186. The molecule has 1 heterocycles. The Morgan fingerprint density at radius 3 is 1.61 bits per heavy atom. The van der Waals surface area contributed by atoms with Crippen LogP contribution in [-0.4, -0.2) is 15.0 Å². The first-order chi connectivity index (χ1) is 22.5. The number of hydrogen-bond donors (Lipinski definition) is 3. The van der Waals surface area contributed by atoms with E-state index in [1.165, 1.54) is 5.39 Å². The zero-order valence-corrected chi connectivity index (χ0v) is 26.8. The minimum Gasteiger partial charge on any atom is -0.399 e. The molecule has 0 aliphatic heterocycles. The highest BCUT2D eigenvalue weighted by atomic mass is 15.2. The molecule has 10 heteroatoms. The van der Waals surface area contributed by atoms with Gasteiger partial charge >= 0.3 is 0 Å². The number of aromatic nitrogens is 3. The first-order valence-corrected chi connectivity index (χ1v) is 15.1. The number of nitrogens with zero attached hydrogens (tertiary/aromatic N) is 7. The molecular formula is C36H40N10. The first-order valence-electron chi connectivity index (χ1n) is 15.1. The van der Waals surface area contributed by atoms with E-state index in [1.807, 2.05) is 125 Å². The predicted octanol–water partition coefficient (Wildman–Crippen LogP) is 10.8. The van der Waals surface area contributed by atoms with Crippen LogP contribution in [0.15, 0.2) is 142 Å². The average molecular weight is 613 g/mol. The molecule has 46 heavy (non-hydrogen) atoms. The van der Waals surface area contributed by atoms with Gasteiger partial charge in [0, 0.05) is 11.4 Å². The van der Waals surface area contributed by atoms with Crippen molar-refractivity contribution in [1.29, 1.82) is 0 Å². The number of nitrogens with two attached hydrogens (primary N) is 2. The highest BCUT2D eigenvalue weighted by Crippen LogP contribution is 2.25. The van der Waals surface area contributed by atoms with Crippen LogP contribution in [0.3, 0.4) is 0 Å². The fourth-order valence-electron chi connectivity index (χ4n) is 3.80. The van der Waals surface area contributed by atoms with E-state index in [0.29, 0.717) is 11.8 Å². The zero-order valence-electron chi connectivity index (χ0n) is 26.8. The standard InChI is InChI=1S/C20H17N7.C12H11N3.2C2H6/c1-13-22-19(21)25-20(23-13)24-16-8-10-17(11-9-16)26-27-18-7-6-14-4-2-3-5-15(14)12-18;13-10-6-8-12(9-7-10)15-14-11-4-2-1-3-5-11;2*1-2/h2-12H,1H3,(H3,21,22,23,24,25);1-9H,13H2;2*1-2H3. The van der Waals surface area contributed by atoms with Gasteiger partial charge in [-0.25, -0.2) is 0 Å². The van der Waals surface area contributed by atoms with E-state index in [0.717, 1.165) is 39.5 Å². The number of benzene rings is 5. The summed E-state index contributed by atoms with van der Waals surface area (Å²) in [4.78, 5) is 12.2. The quantitative estimate of drug-likeness (QED) is 0.126. The van der Waals surface area contributed by atoms with Crippen LogP contribution < -0.4 is 16.8 Å². The predicted molar refractivity (Wildman–Crippen MR) is 191 cm³/mol. The summed E-state index contributed by atoms with van der Waals surface area (Å²) in [6.45, 7) is 9.76. The maximum atomic E-state index is 5.64. The Morgan fingerprint density at radius 2 is 1.00 bits per heavy atom. The van der Waals surface area contributed by atoms with Crippen molar-refractivity contribution in [3.8, 4) is 0 Å². The van der Waals surface area contributed by atoms with Gasteiger partial charge in [-0.05, 0) is 90.5 Å². The summed E-state index contributed by atoms with van der Waals surface area (Å²) in [5, 5.41) is 22.2. The molecule has 1 aromatic heterocycles. The van der Waals surface area contributed by atoms with Crippen LogP contribution in [0.5, 0.6) is 0 Å². The summed E-state index contributed by atoms with van der Waals surface area (Å²) in [6.07, 6.45) is 0. The van der Waals surface area contributed by atoms with E-state index >= 15 is 0 Å². The first kappa shape index (κ1) is 34.5. The van der Waals surface area contributed by atoms with Gasteiger partial charge < -0.3 is 16.8 Å². The topological polar surface area (TPSA) is 152 Å². The van der Waals surface area contributed by atoms with Crippen LogP contribution in [0, 0.1) is 6.92 Å². The van der Waals surface area contributed by atoms with Crippen molar-refractivity contribution >= 4 is 56.8 Å². The van der Waals surface area contributed by atoms with Crippen LogP contribution >= 0.6 is 0 Å². The van der Waals surface area contributed by atoms with Gasteiger partial charge in [0.2, 0.25) is 11.9 Å². The molecule has 0 atom stereocenters. The molecule has 0 saturated carbocycles. The number of aryl methyl sites for hydroxylation is 1. The van der Waals surface area contributed by atoms with E-state index in [2.05, 4.69) is 52.9 Å². The van der Waals surface area contributed by atoms with Crippen molar-refractivity contribution < 1.29 is 0 Å². The summed E-state index contributed by atoms with van der Waals surface area (Å²) in [6, 6.07) is 38.6. The molecule has 0 spiro atoms. The summed E-state index contributed by atoms with van der Waals surface area (Å²) in [7, 11) is 0. The van der Waals surface area contributed by atoms with Crippen molar-refractivity contribution in [2.75, 3.05) is 16.8 Å². The maximum Gasteiger partial charge on any atom is 0.232 e. The number of rotatable bonds is 6. The van der Waals surface area contributed by atoms with Crippen LogP contribution in [0.25, 0.3) is 10.8 Å². The molecule has 6 aromatic rings. The molecule has 0 aliphatic carbocycles. The summed E-state index contributed by atoms with van der Waals surface area (Å²) >= 11 is 0. The van der Waals surface area contributed by atoms with Crippen LogP contribution in [0.2, 0.25) is 0 Å². The molecule has 0 fully saturated rings. The molecule has 10 nitrogen and oxygen atoms in total. The molecule has 6 rings (SSSR count). The van der Waals surface area contributed by atoms with Gasteiger partial charge in [-0.15, -0.1) is 0 Å².